The van der Waals surface area contributed by atoms with Crippen LogP contribution in [-0.4, -0.2) is 50.4 Å². The summed E-state index contributed by atoms with van der Waals surface area (Å²) in [7, 11) is 0. The van der Waals surface area contributed by atoms with Gasteiger partial charge in [-0.25, -0.2) is 9.18 Å². The zero-order chi connectivity index (χ0) is 17.2. The number of anilines is 1. The molecule has 1 aliphatic heterocycles. The van der Waals surface area contributed by atoms with E-state index in [2.05, 4.69) is 20.3 Å². The van der Waals surface area contributed by atoms with Gasteiger partial charge in [-0.15, -0.1) is 0 Å². The zero-order valence-electron chi connectivity index (χ0n) is 12.5. The van der Waals surface area contributed by atoms with Gasteiger partial charge in [-0.3, -0.25) is 4.57 Å². The first-order chi connectivity index (χ1) is 10.8. The third-order valence-electron chi connectivity index (χ3n) is 3.34. The summed E-state index contributed by atoms with van der Waals surface area (Å²) in [5.74, 6) is 0.304. The highest BCUT2D eigenvalue weighted by Gasteiger charge is 2.56. The molecule has 0 amide bonds. The number of nitrogens with zero attached hydrogens (tertiary/aromatic N) is 5. The van der Waals surface area contributed by atoms with Crippen molar-refractivity contribution in [3.05, 3.63) is 33.2 Å². The summed E-state index contributed by atoms with van der Waals surface area (Å²) < 4.78 is 20.3. The zero-order valence-corrected chi connectivity index (χ0v) is 12.5. The van der Waals surface area contributed by atoms with Crippen LogP contribution in [0.2, 0.25) is 0 Å². The van der Waals surface area contributed by atoms with Gasteiger partial charge in [0, 0.05) is 17.2 Å². The standard InChI is InChI=1S/C12H17FN6O4/c1-6(2)15-7-3-4-19(11(22)16-7)10-8(13)9(21)12(5-20,23-10)17-18-14/h3-4,6,8-10,20-21H,5H2,1-2H3,(H,15,16,22)/t8-,9-,10+,12+/m0/s1. The van der Waals surface area contributed by atoms with Gasteiger partial charge in [0.15, 0.2) is 12.4 Å². The van der Waals surface area contributed by atoms with Gasteiger partial charge >= 0.3 is 5.69 Å². The van der Waals surface area contributed by atoms with Gasteiger partial charge in [-0.1, -0.05) is 5.11 Å². The van der Waals surface area contributed by atoms with Crippen LogP contribution < -0.4 is 11.0 Å². The third-order valence-corrected chi connectivity index (χ3v) is 3.34. The van der Waals surface area contributed by atoms with E-state index in [4.69, 9.17) is 10.3 Å². The Bertz CT molecular complexity index is 676. The molecule has 0 saturated carbocycles. The van der Waals surface area contributed by atoms with E-state index in [9.17, 15) is 19.4 Å². The number of rotatable bonds is 5. The summed E-state index contributed by atoms with van der Waals surface area (Å²) in [5, 5.41) is 25.2. The maximum Gasteiger partial charge on any atom is 0.351 e. The molecule has 0 bridgehead atoms. The average molecular weight is 328 g/mol. The summed E-state index contributed by atoms with van der Waals surface area (Å²) in [5.41, 5.74) is 5.50. The van der Waals surface area contributed by atoms with E-state index in [1.54, 1.807) is 0 Å². The molecule has 0 aromatic carbocycles. The molecule has 1 aromatic rings. The lowest BCUT2D eigenvalue weighted by Crippen LogP contribution is -2.43. The second kappa shape index (κ2) is 6.50. The van der Waals surface area contributed by atoms with E-state index in [0.29, 0.717) is 5.82 Å². The number of aliphatic hydroxyl groups excluding tert-OH is 2. The lowest BCUT2D eigenvalue weighted by Gasteiger charge is -2.23. The van der Waals surface area contributed by atoms with Crippen molar-refractivity contribution < 1.29 is 19.3 Å². The highest BCUT2D eigenvalue weighted by molar-refractivity contribution is 5.32. The van der Waals surface area contributed by atoms with Gasteiger partial charge < -0.3 is 20.3 Å². The minimum atomic E-state index is -2.19. The van der Waals surface area contributed by atoms with Gasteiger partial charge in [-0.05, 0) is 25.4 Å². The number of halogens is 1. The molecule has 0 spiro atoms. The molecule has 23 heavy (non-hydrogen) atoms. The largest absolute Gasteiger partial charge is 0.393 e. The lowest BCUT2D eigenvalue weighted by atomic mass is 10.1. The first kappa shape index (κ1) is 17.2. The molecule has 11 heteroatoms. The van der Waals surface area contributed by atoms with Gasteiger partial charge in [0.25, 0.3) is 0 Å². The predicted octanol–water partition coefficient (Wildman–Crippen LogP) is 0.290. The number of azide groups is 1. The number of ether oxygens (including phenoxy) is 1. The van der Waals surface area contributed by atoms with E-state index < -0.39 is 36.5 Å². The van der Waals surface area contributed by atoms with Gasteiger partial charge in [-0.2, -0.15) is 4.98 Å². The SMILES string of the molecule is CC(C)Nc1ccn([C@@H]2O[C@@](CO)(N=[N+]=[N-])[C@@H](O)[C@@H]2F)c(=O)n1. The van der Waals surface area contributed by atoms with E-state index >= 15 is 0 Å². The van der Waals surface area contributed by atoms with Crippen molar-refractivity contribution in [2.24, 2.45) is 5.11 Å². The normalized spacial score (nSPS) is 30.3. The summed E-state index contributed by atoms with van der Waals surface area (Å²) in [6.45, 7) is 2.78. The van der Waals surface area contributed by atoms with Gasteiger partial charge in [0.05, 0.1) is 6.61 Å². The van der Waals surface area contributed by atoms with Crippen LogP contribution in [0.15, 0.2) is 22.2 Å². The number of alkyl halides is 1. The Morgan fingerprint density at radius 3 is 2.91 bits per heavy atom. The molecule has 0 radical (unpaired) electrons. The number of hydrogen-bond donors (Lipinski definition) is 3. The molecular weight excluding hydrogens is 311 g/mol. The second-order valence-electron chi connectivity index (χ2n) is 5.39. The number of aliphatic hydroxyl groups is 2. The lowest BCUT2D eigenvalue weighted by molar-refractivity contribution is -0.124. The van der Waals surface area contributed by atoms with Crippen LogP contribution in [-0.2, 0) is 4.74 Å². The molecule has 4 atom stereocenters. The number of hydrogen-bond acceptors (Lipinski definition) is 7. The average Bonchev–Trinajstić information content (AvgIpc) is 2.73. The van der Waals surface area contributed by atoms with Gasteiger partial charge in [0.2, 0.25) is 5.72 Å². The summed E-state index contributed by atoms with van der Waals surface area (Å²) >= 11 is 0. The molecule has 1 saturated heterocycles. The topological polar surface area (TPSA) is 145 Å². The summed E-state index contributed by atoms with van der Waals surface area (Å²) in [6, 6.07) is 1.49. The fourth-order valence-electron chi connectivity index (χ4n) is 2.26. The number of nitrogens with one attached hydrogen (secondary N) is 1. The second-order valence-corrected chi connectivity index (χ2v) is 5.39. The van der Waals surface area contributed by atoms with Crippen LogP contribution in [0.5, 0.6) is 0 Å². The van der Waals surface area contributed by atoms with E-state index in [0.717, 1.165) is 4.57 Å². The van der Waals surface area contributed by atoms with E-state index in [1.807, 2.05) is 13.8 Å². The fraction of sp³-hybridized carbons (Fsp3) is 0.667. The van der Waals surface area contributed by atoms with Crippen LogP contribution >= 0.6 is 0 Å². The molecule has 0 aliphatic carbocycles. The molecule has 2 heterocycles. The van der Waals surface area contributed by atoms with Crippen molar-refractivity contribution in [2.75, 3.05) is 11.9 Å². The molecule has 0 unspecified atom stereocenters. The molecule has 10 nitrogen and oxygen atoms in total. The quantitative estimate of drug-likeness (QED) is 0.402. The monoisotopic (exact) mass is 328 g/mol. The Balaban J connectivity index is 2.36. The van der Waals surface area contributed by atoms with Crippen LogP contribution in [0.4, 0.5) is 10.2 Å². The number of aromatic nitrogens is 2. The van der Waals surface area contributed by atoms with Crippen molar-refractivity contribution in [2.45, 2.75) is 44.1 Å². The van der Waals surface area contributed by atoms with E-state index in [-0.39, 0.29) is 6.04 Å². The van der Waals surface area contributed by atoms with Crippen molar-refractivity contribution in [1.82, 2.24) is 9.55 Å². The van der Waals surface area contributed by atoms with E-state index in [1.165, 1.54) is 12.3 Å². The first-order valence-corrected chi connectivity index (χ1v) is 6.87. The minimum Gasteiger partial charge on any atom is -0.393 e. The molecule has 2 rings (SSSR count). The predicted molar refractivity (Wildman–Crippen MR) is 77.2 cm³/mol. The maximum absolute atomic E-state index is 14.3. The van der Waals surface area contributed by atoms with Crippen molar-refractivity contribution in [1.29, 1.82) is 0 Å². The van der Waals surface area contributed by atoms with Crippen LogP contribution in [0.25, 0.3) is 10.4 Å². The maximum atomic E-state index is 14.3. The Labute approximate surface area is 130 Å². The molecular formula is C12H17FN6O4. The molecule has 3 N–H and O–H groups in total. The van der Waals surface area contributed by atoms with Crippen LogP contribution in [0, 0.1) is 0 Å². The Kier molecular flexibility index (Phi) is 4.85. The smallest absolute Gasteiger partial charge is 0.351 e. The third kappa shape index (κ3) is 3.13. The summed E-state index contributed by atoms with van der Waals surface area (Å²) in [6.07, 6.45) is -4.34. The highest BCUT2D eigenvalue weighted by atomic mass is 19.1. The van der Waals surface area contributed by atoms with Crippen molar-refractivity contribution in [3.8, 4) is 0 Å². The fourth-order valence-corrected chi connectivity index (χ4v) is 2.26. The summed E-state index contributed by atoms with van der Waals surface area (Å²) in [4.78, 5) is 18.2. The molecule has 1 fully saturated rings. The van der Waals surface area contributed by atoms with Crippen LogP contribution in [0.3, 0.4) is 0 Å². The Morgan fingerprint density at radius 2 is 2.39 bits per heavy atom. The minimum absolute atomic E-state index is 0.0447. The molecule has 1 aromatic heterocycles. The Morgan fingerprint density at radius 1 is 1.70 bits per heavy atom. The van der Waals surface area contributed by atoms with Crippen LogP contribution in [0.1, 0.15) is 20.1 Å². The van der Waals surface area contributed by atoms with Crippen molar-refractivity contribution >= 4 is 5.82 Å². The molecule has 1 aliphatic rings. The highest BCUT2D eigenvalue weighted by Crippen LogP contribution is 2.39. The van der Waals surface area contributed by atoms with Gasteiger partial charge in [0.1, 0.15) is 11.9 Å². The Hall–Kier alpha value is -2.20. The molecule has 126 valence electrons. The van der Waals surface area contributed by atoms with Crippen molar-refractivity contribution in [3.63, 3.8) is 0 Å². The first-order valence-electron chi connectivity index (χ1n) is 6.87.